The van der Waals surface area contributed by atoms with Crippen LogP contribution < -0.4 is 15.8 Å². The average Bonchev–Trinajstić information content (AvgIpc) is 2.99. The molecule has 0 bridgehead atoms. The molecule has 0 aliphatic carbocycles. The summed E-state index contributed by atoms with van der Waals surface area (Å²) in [4.78, 5) is 14.8. The molecule has 1 heterocycles. The van der Waals surface area contributed by atoms with Crippen LogP contribution in [0.5, 0.6) is 5.75 Å². The first-order chi connectivity index (χ1) is 10.1. The second-order valence-electron chi connectivity index (χ2n) is 5.46. The van der Waals surface area contributed by atoms with E-state index < -0.39 is 0 Å². The Kier molecular flexibility index (Phi) is 5.44. The first-order valence-corrected chi connectivity index (χ1v) is 7.67. The van der Waals surface area contributed by atoms with E-state index in [9.17, 15) is 4.79 Å². The number of amides is 1. The van der Waals surface area contributed by atoms with Gasteiger partial charge in [0.15, 0.2) is 0 Å². The van der Waals surface area contributed by atoms with E-state index in [0.29, 0.717) is 36.2 Å². The molecule has 1 aliphatic heterocycles. The monoisotopic (exact) mass is 291 g/mol. The zero-order chi connectivity index (χ0) is 15.2. The van der Waals surface area contributed by atoms with E-state index in [1.54, 1.807) is 18.2 Å². The van der Waals surface area contributed by atoms with E-state index in [4.69, 9.17) is 10.5 Å². The molecule has 1 saturated heterocycles. The molecule has 21 heavy (non-hydrogen) atoms. The van der Waals surface area contributed by atoms with Crippen molar-refractivity contribution in [1.29, 1.82) is 0 Å². The summed E-state index contributed by atoms with van der Waals surface area (Å²) < 4.78 is 5.49. The van der Waals surface area contributed by atoms with Gasteiger partial charge in [-0.3, -0.25) is 9.69 Å². The minimum absolute atomic E-state index is 0.164. The van der Waals surface area contributed by atoms with Crippen LogP contribution in [0.3, 0.4) is 0 Å². The van der Waals surface area contributed by atoms with Gasteiger partial charge in [-0.25, -0.2) is 0 Å². The lowest BCUT2D eigenvalue weighted by atomic mass is 10.1. The molecule has 1 aliphatic rings. The van der Waals surface area contributed by atoms with Gasteiger partial charge in [0, 0.05) is 18.3 Å². The molecule has 1 fully saturated rings. The molecule has 1 atom stereocenters. The van der Waals surface area contributed by atoms with Gasteiger partial charge >= 0.3 is 0 Å². The Labute approximate surface area is 126 Å². The first kappa shape index (κ1) is 15.6. The summed E-state index contributed by atoms with van der Waals surface area (Å²) >= 11 is 0. The van der Waals surface area contributed by atoms with Gasteiger partial charge in [0.2, 0.25) is 0 Å². The molecule has 0 aromatic heterocycles. The lowest BCUT2D eigenvalue weighted by molar-refractivity contribution is 0.0937. The van der Waals surface area contributed by atoms with Crippen molar-refractivity contribution in [2.45, 2.75) is 32.7 Å². The average molecular weight is 291 g/mol. The number of hydrogen-bond acceptors (Lipinski definition) is 4. The normalized spacial score (nSPS) is 16.7. The van der Waals surface area contributed by atoms with Crippen molar-refractivity contribution >= 4 is 11.6 Å². The van der Waals surface area contributed by atoms with E-state index in [2.05, 4.69) is 17.1 Å². The highest BCUT2D eigenvalue weighted by Gasteiger charge is 2.20. The summed E-state index contributed by atoms with van der Waals surface area (Å²) in [6, 6.07) is 5.64. The number of nitrogens with two attached hydrogens (primary N) is 1. The van der Waals surface area contributed by atoms with Crippen molar-refractivity contribution < 1.29 is 9.53 Å². The standard InChI is InChI=1S/C16H25N3O2/c1-3-21-14-8-6-7-13(17)15(14)16(20)18-11-12(2)19-9-4-5-10-19/h6-8,12H,3-5,9-11,17H2,1-2H3,(H,18,20). The van der Waals surface area contributed by atoms with Crippen molar-refractivity contribution in [3.05, 3.63) is 23.8 Å². The maximum atomic E-state index is 12.4. The Hall–Kier alpha value is -1.75. The van der Waals surface area contributed by atoms with Crippen LogP contribution in [0.4, 0.5) is 5.69 Å². The third-order valence-corrected chi connectivity index (χ3v) is 3.91. The van der Waals surface area contributed by atoms with E-state index in [-0.39, 0.29) is 5.91 Å². The highest BCUT2D eigenvalue weighted by atomic mass is 16.5. The van der Waals surface area contributed by atoms with Crippen LogP contribution in [-0.4, -0.2) is 43.1 Å². The molecule has 0 radical (unpaired) electrons. The van der Waals surface area contributed by atoms with Gasteiger partial charge < -0.3 is 15.8 Å². The molecular formula is C16H25N3O2. The van der Waals surface area contributed by atoms with Crippen LogP contribution in [0.1, 0.15) is 37.0 Å². The van der Waals surface area contributed by atoms with Crippen LogP contribution >= 0.6 is 0 Å². The predicted molar refractivity (Wildman–Crippen MR) is 84.6 cm³/mol. The number of hydrogen-bond donors (Lipinski definition) is 2. The number of anilines is 1. The Morgan fingerprint density at radius 3 is 2.81 bits per heavy atom. The van der Waals surface area contributed by atoms with E-state index in [0.717, 1.165) is 13.1 Å². The van der Waals surface area contributed by atoms with Gasteiger partial charge in [0.25, 0.3) is 5.91 Å². The number of benzene rings is 1. The van der Waals surface area contributed by atoms with E-state index >= 15 is 0 Å². The fourth-order valence-corrected chi connectivity index (χ4v) is 2.71. The largest absolute Gasteiger partial charge is 0.493 e. The lowest BCUT2D eigenvalue weighted by Crippen LogP contribution is -2.40. The van der Waals surface area contributed by atoms with Crippen LogP contribution in [-0.2, 0) is 0 Å². The van der Waals surface area contributed by atoms with Crippen molar-refractivity contribution in [1.82, 2.24) is 10.2 Å². The van der Waals surface area contributed by atoms with Gasteiger partial charge in [-0.1, -0.05) is 6.07 Å². The number of carbonyl (C=O) groups is 1. The smallest absolute Gasteiger partial charge is 0.257 e. The predicted octanol–water partition coefficient (Wildman–Crippen LogP) is 1.88. The number of carbonyl (C=O) groups excluding carboxylic acids is 1. The first-order valence-electron chi connectivity index (χ1n) is 7.67. The summed E-state index contributed by atoms with van der Waals surface area (Å²) in [5.41, 5.74) is 6.82. The summed E-state index contributed by atoms with van der Waals surface area (Å²) in [6.45, 7) is 7.40. The van der Waals surface area contributed by atoms with Gasteiger partial charge in [-0.05, 0) is 51.9 Å². The molecule has 2 rings (SSSR count). The molecule has 3 N–H and O–H groups in total. The molecule has 5 nitrogen and oxygen atoms in total. The van der Waals surface area contributed by atoms with Gasteiger partial charge in [-0.15, -0.1) is 0 Å². The topological polar surface area (TPSA) is 67.6 Å². The molecular weight excluding hydrogens is 266 g/mol. The Morgan fingerprint density at radius 2 is 2.14 bits per heavy atom. The van der Waals surface area contributed by atoms with E-state index in [1.807, 2.05) is 6.92 Å². The Bertz CT molecular complexity index is 484. The van der Waals surface area contributed by atoms with Crippen LogP contribution in [0.15, 0.2) is 18.2 Å². The van der Waals surface area contributed by atoms with Crippen molar-refractivity contribution in [2.75, 3.05) is 32.0 Å². The number of nitrogen functional groups attached to an aromatic ring is 1. The van der Waals surface area contributed by atoms with Gasteiger partial charge in [-0.2, -0.15) is 0 Å². The van der Waals surface area contributed by atoms with E-state index in [1.165, 1.54) is 12.8 Å². The lowest BCUT2D eigenvalue weighted by Gasteiger charge is -2.24. The number of rotatable bonds is 6. The maximum Gasteiger partial charge on any atom is 0.257 e. The van der Waals surface area contributed by atoms with Crippen molar-refractivity contribution in [2.24, 2.45) is 0 Å². The SMILES string of the molecule is CCOc1cccc(N)c1C(=O)NCC(C)N1CCCC1. The summed E-state index contributed by atoms with van der Waals surface area (Å²) in [6.07, 6.45) is 2.50. The molecule has 1 amide bonds. The van der Waals surface area contributed by atoms with Crippen LogP contribution in [0.25, 0.3) is 0 Å². The zero-order valence-electron chi connectivity index (χ0n) is 12.9. The molecule has 1 aromatic rings. The fourth-order valence-electron chi connectivity index (χ4n) is 2.71. The maximum absolute atomic E-state index is 12.4. The highest BCUT2D eigenvalue weighted by molar-refractivity contribution is 6.01. The fraction of sp³-hybridized carbons (Fsp3) is 0.562. The molecule has 1 unspecified atom stereocenters. The minimum atomic E-state index is -0.164. The Morgan fingerprint density at radius 1 is 1.43 bits per heavy atom. The number of nitrogens with one attached hydrogen (secondary N) is 1. The molecule has 1 aromatic carbocycles. The number of ether oxygens (including phenoxy) is 1. The summed E-state index contributed by atoms with van der Waals surface area (Å²) in [7, 11) is 0. The second-order valence-corrected chi connectivity index (χ2v) is 5.46. The third kappa shape index (κ3) is 3.88. The summed E-state index contributed by atoms with van der Waals surface area (Å²) in [5.74, 6) is 0.381. The zero-order valence-corrected chi connectivity index (χ0v) is 12.9. The molecule has 0 spiro atoms. The van der Waals surface area contributed by atoms with Gasteiger partial charge in [0.05, 0.1) is 6.61 Å². The Balaban J connectivity index is 1.99. The van der Waals surface area contributed by atoms with Crippen LogP contribution in [0, 0.1) is 0 Å². The number of nitrogens with zero attached hydrogens (tertiary/aromatic N) is 1. The molecule has 0 saturated carbocycles. The minimum Gasteiger partial charge on any atom is -0.493 e. The number of likely N-dealkylation sites (tertiary alicyclic amines) is 1. The second kappa shape index (κ2) is 7.31. The molecule has 5 heteroatoms. The van der Waals surface area contributed by atoms with Crippen molar-refractivity contribution in [3.8, 4) is 5.75 Å². The molecule has 116 valence electrons. The van der Waals surface area contributed by atoms with Gasteiger partial charge in [0.1, 0.15) is 11.3 Å². The quantitative estimate of drug-likeness (QED) is 0.785. The third-order valence-electron chi connectivity index (χ3n) is 3.91. The summed E-state index contributed by atoms with van der Waals surface area (Å²) in [5, 5.41) is 2.97. The van der Waals surface area contributed by atoms with Crippen molar-refractivity contribution in [3.63, 3.8) is 0 Å². The van der Waals surface area contributed by atoms with Crippen LogP contribution in [0.2, 0.25) is 0 Å². The highest BCUT2D eigenvalue weighted by Crippen LogP contribution is 2.24.